The molecule has 80 valence electrons. The van der Waals surface area contributed by atoms with Gasteiger partial charge < -0.3 is 14.6 Å². The normalized spacial score (nSPS) is 10.9. The average Bonchev–Trinajstić information content (AvgIpc) is 2.27. The van der Waals surface area contributed by atoms with E-state index in [1.54, 1.807) is 31.2 Å². The Balaban J connectivity index is 2.67. The first-order valence-corrected chi connectivity index (χ1v) is 4.52. The highest BCUT2D eigenvalue weighted by atomic mass is 16.6. The summed E-state index contributed by atoms with van der Waals surface area (Å²) >= 11 is 0. The van der Waals surface area contributed by atoms with Gasteiger partial charge in [0.15, 0.2) is 0 Å². The quantitative estimate of drug-likeness (QED) is 0.467. The number of esters is 1. The molecule has 0 aliphatic rings. The highest BCUT2D eigenvalue weighted by molar-refractivity contribution is 5.86. The van der Waals surface area contributed by atoms with Crippen molar-refractivity contribution in [3.8, 4) is 5.75 Å². The van der Waals surface area contributed by atoms with Crippen molar-refractivity contribution in [2.45, 2.75) is 6.92 Å². The highest BCUT2D eigenvalue weighted by Gasteiger charge is 2.12. The van der Waals surface area contributed by atoms with Crippen LogP contribution in [0.3, 0.4) is 0 Å². The molecule has 0 radical (unpaired) electrons. The molecule has 0 heterocycles. The van der Waals surface area contributed by atoms with Gasteiger partial charge in [0.2, 0.25) is 5.76 Å². The summed E-state index contributed by atoms with van der Waals surface area (Å²) in [5.74, 6) is -0.460. The Morgan fingerprint density at radius 1 is 1.40 bits per heavy atom. The summed E-state index contributed by atoms with van der Waals surface area (Å²) in [4.78, 5) is 11.2. The Morgan fingerprint density at radius 2 is 2.07 bits per heavy atom. The van der Waals surface area contributed by atoms with E-state index in [9.17, 15) is 4.79 Å². The van der Waals surface area contributed by atoms with Gasteiger partial charge in [0.1, 0.15) is 12.0 Å². The molecule has 15 heavy (non-hydrogen) atoms. The zero-order valence-electron chi connectivity index (χ0n) is 8.34. The summed E-state index contributed by atoms with van der Waals surface area (Å²) in [7, 11) is 0. The summed E-state index contributed by atoms with van der Waals surface area (Å²) in [6, 6.07) is 8.68. The van der Waals surface area contributed by atoms with E-state index in [-0.39, 0.29) is 12.4 Å². The highest BCUT2D eigenvalue weighted by Crippen LogP contribution is 2.13. The topological polar surface area (TPSA) is 55.8 Å². The fourth-order valence-electron chi connectivity index (χ4n) is 0.938. The lowest BCUT2D eigenvalue weighted by molar-refractivity contribution is -0.141. The second kappa shape index (κ2) is 5.70. The number of carbonyl (C=O) groups is 1. The first kappa shape index (κ1) is 11.1. The monoisotopic (exact) mass is 208 g/mol. The Labute approximate surface area is 87.7 Å². The zero-order valence-corrected chi connectivity index (χ0v) is 8.34. The summed E-state index contributed by atoms with van der Waals surface area (Å²) in [6.07, 6.45) is 0.588. The number of ether oxygens (including phenoxy) is 2. The number of aliphatic hydroxyl groups excluding tert-OH is 1. The molecule has 0 atom stereocenters. The van der Waals surface area contributed by atoms with E-state index < -0.39 is 5.97 Å². The minimum absolute atomic E-state index is 0.230. The van der Waals surface area contributed by atoms with E-state index >= 15 is 0 Å². The molecule has 4 heteroatoms. The van der Waals surface area contributed by atoms with Crippen molar-refractivity contribution >= 4 is 5.97 Å². The number of para-hydroxylation sites is 1. The maximum absolute atomic E-state index is 11.2. The largest absolute Gasteiger partial charge is 0.511 e. The van der Waals surface area contributed by atoms with Gasteiger partial charge in [0.25, 0.3) is 0 Å². The lowest BCUT2D eigenvalue weighted by Gasteiger charge is -2.07. The van der Waals surface area contributed by atoms with Crippen LogP contribution in [0.1, 0.15) is 6.92 Å². The molecular formula is C11H12O4. The summed E-state index contributed by atoms with van der Waals surface area (Å²) in [6.45, 7) is 1.91. The molecule has 0 aliphatic heterocycles. The molecule has 0 fully saturated rings. The van der Waals surface area contributed by atoms with Gasteiger partial charge in [-0.2, -0.15) is 0 Å². The van der Waals surface area contributed by atoms with E-state index in [2.05, 4.69) is 4.74 Å². The standard InChI is InChI=1S/C11H12O4/c1-2-14-11(13)10(8-12)15-9-6-4-3-5-7-9/h3-8,12H,2H2,1H3. The van der Waals surface area contributed by atoms with E-state index in [0.717, 1.165) is 0 Å². The van der Waals surface area contributed by atoms with Gasteiger partial charge >= 0.3 is 5.97 Å². The van der Waals surface area contributed by atoms with Crippen LogP contribution in [0, 0.1) is 0 Å². The fourth-order valence-corrected chi connectivity index (χ4v) is 0.938. The molecule has 1 N–H and O–H groups in total. The van der Waals surface area contributed by atoms with E-state index in [1.165, 1.54) is 0 Å². The van der Waals surface area contributed by atoms with Gasteiger partial charge in [-0.25, -0.2) is 4.79 Å². The van der Waals surface area contributed by atoms with Crippen molar-refractivity contribution in [1.82, 2.24) is 0 Å². The Kier molecular flexibility index (Phi) is 4.22. The number of hydrogen-bond acceptors (Lipinski definition) is 4. The van der Waals surface area contributed by atoms with Gasteiger partial charge in [0.05, 0.1) is 6.61 Å². The first-order valence-electron chi connectivity index (χ1n) is 4.52. The summed E-state index contributed by atoms with van der Waals surface area (Å²) in [5, 5.41) is 8.80. The van der Waals surface area contributed by atoms with Crippen molar-refractivity contribution in [3.05, 3.63) is 42.4 Å². The van der Waals surface area contributed by atoms with Crippen molar-refractivity contribution in [1.29, 1.82) is 0 Å². The van der Waals surface area contributed by atoms with Crippen LogP contribution in [-0.2, 0) is 9.53 Å². The van der Waals surface area contributed by atoms with Gasteiger partial charge in [-0.1, -0.05) is 18.2 Å². The number of hydrogen-bond donors (Lipinski definition) is 1. The number of aliphatic hydroxyl groups is 1. The molecule has 0 spiro atoms. The van der Waals surface area contributed by atoms with Crippen molar-refractivity contribution in [2.75, 3.05) is 6.61 Å². The molecule has 1 aromatic carbocycles. The second-order valence-electron chi connectivity index (χ2n) is 2.63. The second-order valence-corrected chi connectivity index (χ2v) is 2.63. The number of rotatable bonds is 4. The van der Waals surface area contributed by atoms with Crippen LogP contribution in [0.5, 0.6) is 5.75 Å². The molecule has 1 rings (SSSR count). The SMILES string of the molecule is CCOC(=O)C(=CO)Oc1ccccc1. The lowest BCUT2D eigenvalue weighted by atomic mass is 10.3. The molecular weight excluding hydrogens is 196 g/mol. The molecule has 0 amide bonds. The predicted molar refractivity (Wildman–Crippen MR) is 54.4 cm³/mol. The van der Waals surface area contributed by atoms with Gasteiger partial charge in [0, 0.05) is 0 Å². The molecule has 0 bridgehead atoms. The number of benzene rings is 1. The first-order chi connectivity index (χ1) is 7.27. The van der Waals surface area contributed by atoms with Crippen LogP contribution in [0.15, 0.2) is 42.4 Å². The summed E-state index contributed by atoms with van der Waals surface area (Å²) in [5.41, 5.74) is 0. The van der Waals surface area contributed by atoms with Crippen LogP contribution in [0.2, 0.25) is 0 Å². The van der Waals surface area contributed by atoms with E-state index in [1.807, 2.05) is 6.07 Å². The minimum atomic E-state index is -0.691. The van der Waals surface area contributed by atoms with Crippen LogP contribution >= 0.6 is 0 Å². The van der Waals surface area contributed by atoms with Crippen molar-refractivity contribution < 1.29 is 19.4 Å². The maximum Gasteiger partial charge on any atom is 0.377 e. The van der Waals surface area contributed by atoms with E-state index in [4.69, 9.17) is 9.84 Å². The predicted octanol–water partition coefficient (Wildman–Crippen LogP) is 2.03. The minimum Gasteiger partial charge on any atom is -0.511 e. The van der Waals surface area contributed by atoms with E-state index in [0.29, 0.717) is 12.0 Å². The van der Waals surface area contributed by atoms with Gasteiger partial charge in [-0.3, -0.25) is 0 Å². The molecule has 0 saturated carbocycles. The molecule has 0 aliphatic carbocycles. The fraction of sp³-hybridized carbons (Fsp3) is 0.182. The Bertz CT molecular complexity index is 343. The maximum atomic E-state index is 11.2. The van der Waals surface area contributed by atoms with Crippen LogP contribution in [0.4, 0.5) is 0 Å². The Morgan fingerprint density at radius 3 is 2.60 bits per heavy atom. The number of carbonyl (C=O) groups excluding carboxylic acids is 1. The third kappa shape index (κ3) is 3.34. The molecule has 4 nitrogen and oxygen atoms in total. The van der Waals surface area contributed by atoms with Crippen LogP contribution in [-0.4, -0.2) is 17.7 Å². The molecule has 0 unspecified atom stereocenters. The molecule has 0 aromatic heterocycles. The third-order valence-corrected chi connectivity index (χ3v) is 1.56. The average molecular weight is 208 g/mol. The lowest BCUT2D eigenvalue weighted by Crippen LogP contribution is -2.12. The van der Waals surface area contributed by atoms with Crippen LogP contribution < -0.4 is 4.74 Å². The molecule has 0 saturated heterocycles. The van der Waals surface area contributed by atoms with Crippen molar-refractivity contribution in [3.63, 3.8) is 0 Å². The van der Waals surface area contributed by atoms with Gasteiger partial charge in [-0.15, -0.1) is 0 Å². The summed E-state index contributed by atoms with van der Waals surface area (Å²) < 4.78 is 9.79. The third-order valence-electron chi connectivity index (χ3n) is 1.56. The smallest absolute Gasteiger partial charge is 0.377 e. The van der Waals surface area contributed by atoms with Gasteiger partial charge in [-0.05, 0) is 19.1 Å². The van der Waals surface area contributed by atoms with Crippen LogP contribution in [0.25, 0.3) is 0 Å². The zero-order chi connectivity index (χ0) is 11.1. The van der Waals surface area contributed by atoms with Crippen molar-refractivity contribution in [2.24, 2.45) is 0 Å². The molecule has 1 aromatic rings. The Hall–Kier alpha value is -1.97.